The van der Waals surface area contributed by atoms with Crippen LogP contribution in [0.5, 0.6) is 0 Å². The fraction of sp³-hybridized carbons (Fsp3) is 0.333. The highest BCUT2D eigenvalue weighted by Gasteiger charge is 2.47. The summed E-state index contributed by atoms with van der Waals surface area (Å²) >= 11 is 0. The molecular weight excluding hydrogens is 334 g/mol. The standard InChI is InChI=1S/C15H15N3O7/c1-6-9(7-2-4-8(16)5-3-7)17-18-13(21)12(6)24-14(22)10(19)11(20)15(23)25-18/h2-6,10-12,19-20H,16H2,1H3. The number of hydrogen-bond acceptors (Lipinski definition) is 9. The minimum atomic E-state index is -2.20. The van der Waals surface area contributed by atoms with Gasteiger partial charge in [0.05, 0.1) is 5.71 Å². The summed E-state index contributed by atoms with van der Waals surface area (Å²) in [6.45, 7) is 1.59. The van der Waals surface area contributed by atoms with Crippen LogP contribution >= 0.6 is 0 Å². The maximum Gasteiger partial charge on any atom is 0.366 e. The van der Waals surface area contributed by atoms with Gasteiger partial charge in [0.1, 0.15) is 0 Å². The molecule has 2 heterocycles. The molecule has 0 spiro atoms. The lowest BCUT2D eigenvalue weighted by molar-refractivity contribution is -0.211. The monoisotopic (exact) mass is 349 g/mol. The second-order valence-electron chi connectivity index (χ2n) is 5.66. The Morgan fingerprint density at radius 1 is 1.08 bits per heavy atom. The normalized spacial score (nSPS) is 29.8. The van der Waals surface area contributed by atoms with Crippen LogP contribution in [0.4, 0.5) is 5.69 Å². The second-order valence-corrected chi connectivity index (χ2v) is 5.66. The lowest BCUT2D eigenvalue weighted by Crippen LogP contribution is -2.49. The summed E-state index contributed by atoms with van der Waals surface area (Å²) in [7, 11) is 0. The lowest BCUT2D eigenvalue weighted by Gasteiger charge is -2.31. The van der Waals surface area contributed by atoms with Crippen molar-refractivity contribution in [1.82, 2.24) is 5.17 Å². The van der Waals surface area contributed by atoms with Gasteiger partial charge in [-0.1, -0.05) is 19.1 Å². The highest BCUT2D eigenvalue weighted by Crippen LogP contribution is 2.26. The zero-order valence-electron chi connectivity index (χ0n) is 13.0. The van der Waals surface area contributed by atoms with Crippen LogP contribution in [0.3, 0.4) is 0 Å². The SMILES string of the molecule is CC1C(c2ccc(N)cc2)=NN2OC(=O)C(O)C(O)C(=O)OC1C2=O. The van der Waals surface area contributed by atoms with Crippen molar-refractivity contribution in [1.29, 1.82) is 0 Å². The van der Waals surface area contributed by atoms with Crippen LogP contribution in [0.2, 0.25) is 0 Å². The fourth-order valence-electron chi connectivity index (χ4n) is 2.49. The first kappa shape index (κ1) is 16.9. The molecule has 10 nitrogen and oxygen atoms in total. The highest BCUT2D eigenvalue weighted by molar-refractivity contribution is 6.07. The number of amides is 1. The zero-order valence-corrected chi connectivity index (χ0v) is 13.0. The molecule has 10 heteroatoms. The van der Waals surface area contributed by atoms with Crippen molar-refractivity contribution in [3.63, 3.8) is 0 Å². The molecule has 0 radical (unpaired) electrons. The van der Waals surface area contributed by atoms with Crippen molar-refractivity contribution in [2.75, 3.05) is 5.73 Å². The number of esters is 1. The Bertz CT molecular complexity index is 761. The Morgan fingerprint density at radius 3 is 2.32 bits per heavy atom. The van der Waals surface area contributed by atoms with E-state index in [2.05, 4.69) is 5.10 Å². The highest BCUT2D eigenvalue weighted by atomic mass is 16.8. The molecule has 1 aromatic rings. The van der Waals surface area contributed by atoms with Gasteiger partial charge in [0.15, 0.2) is 18.3 Å². The summed E-state index contributed by atoms with van der Waals surface area (Å²) in [5, 5.41) is 23.6. The Kier molecular flexibility index (Phi) is 4.15. The fourth-order valence-corrected chi connectivity index (χ4v) is 2.49. The third kappa shape index (κ3) is 2.92. The van der Waals surface area contributed by atoms with Gasteiger partial charge in [0, 0.05) is 11.6 Å². The first-order chi connectivity index (χ1) is 11.8. The van der Waals surface area contributed by atoms with Gasteiger partial charge >= 0.3 is 17.8 Å². The average molecular weight is 349 g/mol. The average Bonchev–Trinajstić information content (AvgIpc) is 2.61. The molecule has 1 amide bonds. The molecule has 132 valence electrons. The van der Waals surface area contributed by atoms with E-state index in [-0.39, 0.29) is 0 Å². The van der Waals surface area contributed by atoms with Crippen molar-refractivity contribution in [3.8, 4) is 0 Å². The lowest BCUT2D eigenvalue weighted by atomic mass is 9.91. The van der Waals surface area contributed by atoms with Crippen LogP contribution in [0, 0.1) is 5.92 Å². The summed E-state index contributed by atoms with van der Waals surface area (Å²) in [6, 6.07) is 6.51. The molecule has 0 saturated carbocycles. The van der Waals surface area contributed by atoms with Crippen molar-refractivity contribution in [2.45, 2.75) is 25.2 Å². The van der Waals surface area contributed by atoms with Crippen LogP contribution < -0.4 is 5.73 Å². The molecule has 0 aromatic heterocycles. The van der Waals surface area contributed by atoms with Gasteiger partial charge in [-0.2, -0.15) is 0 Å². The molecule has 1 fully saturated rings. The Morgan fingerprint density at radius 2 is 1.68 bits per heavy atom. The Balaban J connectivity index is 2.05. The number of carbonyl (C=O) groups is 3. The number of nitrogens with two attached hydrogens (primary N) is 1. The van der Waals surface area contributed by atoms with E-state index in [1.54, 1.807) is 31.2 Å². The smallest absolute Gasteiger partial charge is 0.366 e. The second kappa shape index (κ2) is 6.15. The molecule has 3 rings (SSSR count). The summed E-state index contributed by atoms with van der Waals surface area (Å²) in [6.07, 6.45) is -5.76. The first-order valence-electron chi connectivity index (χ1n) is 7.36. The number of aliphatic hydroxyl groups excluding tert-OH is 2. The molecule has 2 aliphatic heterocycles. The molecule has 1 saturated heterocycles. The number of hydrogen-bond donors (Lipinski definition) is 3. The maximum absolute atomic E-state index is 12.4. The summed E-state index contributed by atoms with van der Waals surface area (Å²) < 4.78 is 5.00. The molecule has 1 aromatic carbocycles. The third-order valence-electron chi connectivity index (χ3n) is 3.92. The molecule has 2 bridgehead atoms. The van der Waals surface area contributed by atoms with Gasteiger partial charge in [-0.3, -0.25) is 4.79 Å². The van der Waals surface area contributed by atoms with Crippen LogP contribution in [-0.4, -0.2) is 57.3 Å². The van der Waals surface area contributed by atoms with Crippen LogP contribution in [0.1, 0.15) is 12.5 Å². The van der Waals surface area contributed by atoms with Crippen molar-refractivity contribution in [2.24, 2.45) is 11.0 Å². The predicted octanol–water partition coefficient (Wildman–Crippen LogP) is -1.44. The van der Waals surface area contributed by atoms with Crippen molar-refractivity contribution < 1.29 is 34.2 Å². The number of nitrogens with zero attached hydrogens (tertiary/aromatic N) is 2. The minimum absolute atomic E-state index is 0.302. The molecule has 25 heavy (non-hydrogen) atoms. The molecule has 4 unspecified atom stereocenters. The quantitative estimate of drug-likeness (QED) is 0.412. The number of hydrazone groups is 1. The summed E-state index contributed by atoms with van der Waals surface area (Å²) in [5.74, 6) is -4.32. The Labute approximate surface area is 141 Å². The van der Waals surface area contributed by atoms with Gasteiger partial charge in [0.25, 0.3) is 0 Å². The van der Waals surface area contributed by atoms with E-state index in [0.717, 1.165) is 0 Å². The predicted molar refractivity (Wildman–Crippen MR) is 81.4 cm³/mol. The molecule has 2 aliphatic rings. The Hall–Kier alpha value is -2.98. The van der Waals surface area contributed by atoms with Gasteiger partial charge < -0.3 is 25.5 Å². The number of anilines is 1. The zero-order chi connectivity index (χ0) is 18.3. The number of carbonyl (C=O) groups excluding carboxylic acids is 3. The van der Waals surface area contributed by atoms with E-state index in [1.165, 1.54) is 0 Å². The molecule has 0 aliphatic carbocycles. The van der Waals surface area contributed by atoms with Crippen molar-refractivity contribution in [3.05, 3.63) is 29.8 Å². The van der Waals surface area contributed by atoms with Gasteiger partial charge in [-0.15, -0.1) is 5.10 Å². The number of fused-ring (bicyclic) bond motifs is 2. The van der Waals surface area contributed by atoms with Crippen LogP contribution in [0.25, 0.3) is 0 Å². The number of benzene rings is 1. The molecular formula is C15H15N3O7. The van der Waals surface area contributed by atoms with E-state index in [1.807, 2.05) is 0 Å². The molecule has 4 N–H and O–H groups in total. The maximum atomic E-state index is 12.4. The van der Waals surface area contributed by atoms with Crippen LogP contribution in [0.15, 0.2) is 29.4 Å². The van der Waals surface area contributed by atoms with E-state index in [4.69, 9.17) is 15.3 Å². The van der Waals surface area contributed by atoms with E-state index >= 15 is 0 Å². The van der Waals surface area contributed by atoms with Gasteiger partial charge in [-0.05, 0) is 22.9 Å². The first-order valence-corrected chi connectivity index (χ1v) is 7.36. The summed E-state index contributed by atoms with van der Waals surface area (Å²) in [4.78, 5) is 40.7. The van der Waals surface area contributed by atoms with Gasteiger partial charge in [0.2, 0.25) is 0 Å². The summed E-state index contributed by atoms with van der Waals surface area (Å²) in [5.41, 5.74) is 7.02. The van der Waals surface area contributed by atoms with E-state index in [9.17, 15) is 24.6 Å². The minimum Gasteiger partial charge on any atom is -0.449 e. The number of nitrogen functional groups attached to an aromatic ring is 1. The van der Waals surface area contributed by atoms with Crippen molar-refractivity contribution >= 4 is 29.2 Å². The third-order valence-corrected chi connectivity index (χ3v) is 3.92. The van der Waals surface area contributed by atoms with Gasteiger partial charge in [-0.25, -0.2) is 9.59 Å². The number of hydroxylamine groups is 1. The number of rotatable bonds is 1. The van der Waals surface area contributed by atoms with E-state index in [0.29, 0.717) is 22.1 Å². The van der Waals surface area contributed by atoms with E-state index < -0.39 is 42.1 Å². The largest absolute Gasteiger partial charge is 0.449 e. The topological polar surface area (TPSA) is 152 Å². The van der Waals surface area contributed by atoms with Crippen LogP contribution in [-0.2, 0) is 24.0 Å². The number of aliphatic hydroxyl groups is 2. The molecule has 4 atom stereocenters. The number of ether oxygens (including phenoxy) is 1.